The summed E-state index contributed by atoms with van der Waals surface area (Å²) >= 11 is 0. The minimum absolute atomic E-state index is 0.133. The number of hydrogen-bond donors (Lipinski definition) is 1. The van der Waals surface area contributed by atoms with E-state index in [0.717, 1.165) is 6.54 Å². The molecule has 112 valence electrons. The van der Waals surface area contributed by atoms with Gasteiger partial charge in [0.2, 0.25) is 0 Å². The van der Waals surface area contributed by atoms with E-state index in [2.05, 4.69) is 4.90 Å². The van der Waals surface area contributed by atoms with Crippen molar-refractivity contribution in [1.29, 1.82) is 0 Å². The van der Waals surface area contributed by atoms with Gasteiger partial charge in [0.25, 0.3) is 0 Å². The summed E-state index contributed by atoms with van der Waals surface area (Å²) in [5.41, 5.74) is 5.90. The fraction of sp³-hybridized carbons (Fsp3) is 0.571. The largest absolute Gasteiger partial charge is 0.485 e. The third kappa shape index (κ3) is 3.88. The van der Waals surface area contributed by atoms with Crippen LogP contribution in [0.25, 0.3) is 0 Å². The lowest BCUT2D eigenvalue weighted by atomic mass is 10.1. The second-order valence-corrected chi connectivity index (χ2v) is 4.99. The van der Waals surface area contributed by atoms with Gasteiger partial charge in [-0.25, -0.2) is 8.78 Å². The van der Waals surface area contributed by atoms with Gasteiger partial charge in [-0.3, -0.25) is 0 Å². The first-order chi connectivity index (χ1) is 9.60. The Morgan fingerprint density at radius 1 is 1.40 bits per heavy atom. The molecule has 0 spiro atoms. The standard InChI is InChI=1S/C14H20F2N2O2/c1-18-4-5-19-11(8-18)9-20-14-12(15)6-10(2-3-17)7-13(14)16/h6-7,11H,2-5,8-9,17H2,1H3. The van der Waals surface area contributed by atoms with Crippen molar-refractivity contribution in [1.82, 2.24) is 4.90 Å². The average molecular weight is 286 g/mol. The number of hydrogen-bond acceptors (Lipinski definition) is 4. The molecule has 1 aromatic carbocycles. The zero-order valence-electron chi connectivity index (χ0n) is 11.6. The van der Waals surface area contributed by atoms with Crippen molar-refractivity contribution in [3.63, 3.8) is 0 Å². The zero-order valence-corrected chi connectivity index (χ0v) is 11.6. The maximum atomic E-state index is 13.8. The number of morpholine rings is 1. The molecule has 2 rings (SSSR count). The molecule has 1 aliphatic rings. The molecule has 0 aliphatic carbocycles. The van der Waals surface area contributed by atoms with Gasteiger partial charge in [-0.05, 0) is 37.7 Å². The normalized spacial score (nSPS) is 20.1. The zero-order chi connectivity index (χ0) is 14.5. The van der Waals surface area contributed by atoms with Gasteiger partial charge < -0.3 is 20.1 Å². The average Bonchev–Trinajstić information content (AvgIpc) is 2.38. The Labute approximate surface area is 117 Å². The van der Waals surface area contributed by atoms with Crippen LogP contribution in [0.3, 0.4) is 0 Å². The highest BCUT2D eigenvalue weighted by Crippen LogP contribution is 2.24. The van der Waals surface area contributed by atoms with E-state index < -0.39 is 11.6 Å². The van der Waals surface area contributed by atoms with Gasteiger partial charge in [0.1, 0.15) is 12.7 Å². The van der Waals surface area contributed by atoms with Crippen LogP contribution in [0.4, 0.5) is 8.78 Å². The number of nitrogens with zero attached hydrogens (tertiary/aromatic N) is 1. The Morgan fingerprint density at radius 3 is 2.70 bits per heavy atom. The van der Waals surface area contributed by atoms with Crippen LogP contribution in [0, 0.1) is 11.6 Å². The van der Waals surface area contributed by atoms with E-state index in [1.165, 1.54) is 12.1 Å². The molecule has 1 saturated heterocycles. The first kappa shape index (κ1) is 15.2. The van der Waals surface area contributed by atoms with Crippen molar-refractivity contribution in [2.75, 3.05) is 39.9 Å². The van der Waals surface area contributed by atoms with Gasteiger partial charge >= 0.3 is 0 Å². The topological polar surface area (TPSA) is 47.7 Å². The lowest BCUT2D eigenvalue weighted by Crippen LogP contribution is -2.42. The van der Waals surface area contributed by atoms with Crippen molar-refractivity contribution < 1.29 is 18.3 Å². The Balaban J connectivity index is 1.98. The molecule has 4 nitrogen and oxygen atoms in total. The summed E-state index contributed by atoms with van der Waals surface area (Å²) in [7, 11) is 1.97. The fourth-order valence-electron chi connectivity index (χ4n) is 2.21. The summed E-state index contributed by atoms with van der Waals surface area (Å²) in [4.78, 5) is 2.09. The number of nitrogens with two attached hydrogens (primary N) is 1. The molecule has 1 aromatic rings. The van der Waals surface area contributed by atoms with Gasteiger partial charge in [-0.15, -0.1) is 0 Å². The van der Waals surface area contributed by atoms with Crippen LogP contribution in [0.2, 0.25) is 0 Å². The fourth-order valence-corrected chi connectivity index (χ4v) is 2.21. The first-order valence-electron chi connectivity index (χ1n) is 6.71. The Hall–Kier alpha value is -1.24. The van der Waals surface area contributed by atoms with Gasteiger partial charge in [-0.2, -0.15) is 0 Å². The minimum atomic E-state index is -0.697. The van der Waals surface area contributed by atoms with Crippen LogP contribution >= 0.6 is 0 Å². The Morgan fingerprint density at radius 2 is 2.10 bits per heavy atom. The van der Waals surface area contributed by atoms with Gasteiger partial charge in [0.15, 0.2) is 17.4 Å². The highest BCUT2D eigenvalue weighted by Gasteiger charge is 2.20. The Kier molecular flexibility index (Phi) is 5.28. The summed E-state index contributed by atoms with van der Waals surface area (Å²) in [5, 5.41) is 0. The number of ether oxygens (including phenoxy) is 2. The van der Waals surface area contributed by atoms with Crippen molar-refractivity contribution in [2.24, 2.45) is 5.73 Å². The molecule has 20 heavy (non-hydrogen) atoms. The van der Waals surface area contributed by atoms with Crippen LogP contribution in [0.1, 0.15) is 5.56 Å². The van der Waals surface area contributed by atoms with Crippen LogP contribution in [-0.2, 0) is 11.2 Å². The van der Waals surface area contributed by atoms with Gasteiger partial charge in [0, 0.05) is 13.1 Å². The summed E-state index contributed by atoms with van der Waals surface area (Å²) in [5.74, 6) is -1.74. The third-order valence-corrected chi connectivity index (χ3v) is 3.25. The molecule has 0 bridgehead atoms. The van der Waals surface area contributed by atoms with E-state index in [0.29, 0.717) is 31.7 Å². The maximum Gasteiger partial charge on any atom is 0.190 e. The lowest BCUT2D eigenvalue weighted by molar-refractivity contribution is -0.0413. The van der Waals surface area contributed by atoms with Crippen LogP contribution in [0.5, 0.6) is 5.75 Å². The number of halogens is 2. The number of rotatable bonds is 5. The summed E-state index contributed by atoms with van der Waals surface area (Å²) < 4.78 is 38.4. The minimum Gasteiger partial charge on any atom is -0.485 e. The molecule has 6 heteroatoms. The van der Waals surface area contributed by atoms with Gasteiger partial charge in [0.05, 0.1) is 6.61 Å². The second kappa shape index (κ2) is 6.97. The van der Waals surface area contributed by atoms with Crippen LogP contribution in [0.15, 0.2) is 12.1 Å². The van der Waals surface area contributed by atoms with E-state index in [1.807, 2.05) is 7.05 Å². The smallest absolute Gasteiger partial charge is 0.190 e. The van der Waals surface area contributed by atoms with Gasteiger partial charge in [-0.1, -0.05) is 0 Å². The molecule has 0 amide bonds. The number of likely N-dealkylation sites (N-methyl/N-ethyl adjacent to an activating group) is 1. The molecule has 1 unspecified atom stereocenters. The van der Waals surface area contributed by atoms with Crippen LogP contribution in [-0.4, -0.2) is 50.9 Å². The predicted octanol–water partition coefficient (Wildman–Crippen LogP) is 1.18. The molecular weight excluding hydrogens is 266 g/mol. The molecule has 1 heterocycles. The van der Waals surface area contributed by atoms with E-state index >= 15 is 0 Å². The van der Waals surface area contributed by atoms with Crippen molar-refractivity contribution in [3.05, 3.63) is 29.3 Å². The second-order valence-electron chi connectivity index (χ2n) is 4.99. The molecule has 0 aromatic heterocycles. The maximum absolute atomic E-state index is 13.8. The van der Waals surface area contributed by atoms with E-state index in [-0.39, 0.29) is 18.5 Å². The summed E-state index contributed by atoms with van der Waals surface area (Å²) in [6.45, 7) is 2.63. The molecule has 0 radical (unpaired) electrons. The third-order valence-electron chi connectivity index (χ3n) is 3.25. The molecule has 2 N–H and O–H groups in total. The monoisotopic (exact) mass is 286 g/mol. The molecular formula is C14H20F2N2O2. The van der Waals surface area contributed by atoms with E-state index in [9.17, 15) is 8.78 Å². The van der Waals surface area contributed by atoms with Crippen LogP contribution < -0.4 is 10.5 Å². The molecule has 1 atom stereocenters. The highest BCUT2D eigenvalue weighted by atomic mass is 19.1. The molecule has 1 fully saturated rings. The highest BCUT2D eigenvalue weighted by molar-refractivity contribution is 5.31. The summed E-state index contributed by atoms with van der Waals surface area (Å²) in [6, 6.07) is 2.53. The quantitative estimate of drug-likeness (QED) is 0.883. The van der Waals surface area contributed by atoms with E-state index in [4.69, 9.17) is 15.2 Å². The van der Waals surface area contributed by atoms with Crippen molar-refractivity contribution in [3.8, 4) is 5.75 Å². The molecule has 1 aliphatic heterocycles. The number of benzene rings is 1. The SMILES string of the molecule is CN1CCOC(COc2c(F)cc(CCN)cc2F)C1. The van der Waals surface area contributed by atoms with Crippen molar-refractivity contribution >= 4 is 0 Å². The van der Waals surface area contributed by atoms with E-state index in [1.54, 1.807) is 0 Å². The summed E-state index contributed by atoms with van der Waals surface area (Å²) in [6.07, 6.45) is 0.265. The predicted molar refractivity (Wildman–Crippen MR) is 71.8 cm³/mol. The van der Waals surface area contributed by atoms with Crippen molar-refractivity contribution in [2.45, 2.75) is 12.5 Å². The Bertz CT molecular complexity index is 434. The first-order valence-corrected chi connectivity index (χ1v) is 6.71. The lowest BCUT2D eigenvalue weighted by Gasteiger charge is -2.29. The molecule has 0 saturated carbocycles.